The second-order valence-electron chi connectivity index (χ2n) is 7.75. The minimum Gasteiger partial charge on any atom is -0.370 e. The Labute approximate surface area is 169 Å². The zero-order chi connectivity index (χ0) is 20.7. The molecule has 152 valence electrons. The fourth-order valence-corrected chi connectivity index (χ4v) is 4.43. The van der Waals surface area contributed by atoms with Crippen LogP contribution in [0.4, 0.5) is 5.69 Å². The van der Waals surface area contributed by atoms with Gasteiger partial charge in [0.15, 0.2) is 0 Å². The summed E-state index contributed by atoms with van der Waals surface area (Å²) < 4.78 is 0. The molecule has 3 N–H and O–H groups in total. The van der Waals surface area contributed by atoms with Crippen LogP contribution < -0.4 is 15.5 Å². The SMILES string of the molecule is CN[C@H]1CC=CC[C@@H]1N(C)c1ccc2c(c1)C(=O)N(C1CCC(=N)NC1=O)C2=O. The maximum atomic E-state index is 13.0. The van der Waals surface area contributed by atoms with Gasteiger partial charge in [0.2, 0.25) is 5.91 Å². The number of carbonyl (C=O) groups is 3. The fraction of sp³-hybridized carbons (Fsp3) is 0.429. The number of nitrogens with one attached hydrogen (secondary N) is 3. The summed E-state index contributed by atoms with van der Waals surface area (Å²) in [6, 6.07) is 4.96. The first-order valence-electron chi connectivity index (χ1n) is 9.87. The molecule has 0 bridgehead atoms. The molecular weight excluding hydrogens is 370 g/mol. The molecule has 2 aliphatic heterocycles. The molecule has 0 spiro atoms. The molecule has 2 heterocycles. The summed E-state index contributed by atoms with van der Waals surface area (Å²) in [6.07, 6.45) is 6.78. The molecule has 0 radical (unpaired) electrons. The van der Waals surface area contributed by atoms with Crippen LogP contribution in [0.1, 0.15) is 46.4 Å². The topological polar surface area (TPSA) is 106 Å². The van der Waals surface area contributed by atoms with Gasteiger partial charge in [0, 0.05) is 31.2 Å². The van der Waals surface area contributed by atoms with Gasteiger partial charge in [-0.1, -0.05) is 12.2 Å². The van der Waals surface area contributed by atoms with E-state index in [4.69, 9.17) is 5.41 Å². The number of fused-ring (bicyclic) bond motifs is 1. The fourth-order valence-electron chi connectivity index (χ4n) is 4.43. The minimum atomic E-state index is -0.866. The maximum Gasteiger partial charge on any atom is 0.262 e. The van der Waals surface area contributed by atoms with Crippen LogP contribution in [0.5, 0.6) is 0 Å². The van der Waals surface area contributed by atoms with Crippen LogP contribution in [0, 0.1) is 5.41 Å². The third-order valence-corrected chi connectivity index (χ3v) is 6.13. The molecule has 0 aromatic heterocycles. The van der Waals surface area contributed by atoms with E-state index in [9.17, 15) is 14.4 Å². The number of rotatable bonds is 4. The van der Waals surface area contributed by atoms with Gasteiger partial charge in [-0.3, -0.25) is 24.7 Å². The van der Waals surface area contributed by atoms with E-state index < -0.39 is 23.8 Å². The first-order valence-corrected chi connectivity index (χ1v) is 9.87. The number of imide groups is 1. The second-order valence-corrected chi connectivity index (χ2v) is 7.75. The lowest BCUT2D eigenvalue weighted by Crippen LogP contribution is -2.54. The molecule has 4 rings (SSSR count). The predicted octanol–water partition coefficient (Wildman–Crippen LogP) is 1.28. The average molecular weight is 395 g/mol. The van der Waals surface area contributed by atoms with Gasteiger partial charge in [-0.25, -0.2) is 0 Å². The quantitative estimate of drug-likeness (QED) is 0.526. The number of benzene rings is 1. The highest BCUT2D eigenvalue weighted by Crippen LogP contribution is 2.32. The van der Waals surface area contributed by atoms with Gasteiger partial charge in [0.25, 0.3) is 11.8 Å². The van der Waals surface area contributed by atoms with Gasteiger partial charge in [0.1, 0.15) is 6.04 Å². The molecule has 3 aliphatic rings. The summed E-state index contributed by atoms with van der Waals surface area (Å²) in [5.41, 5.74) is 1.52. The summed E-state index contributed by atoms with van der Waals surface area (Å²) in [4.78, 5) is 41.3. The summed E-state index contributed by atoms with van der Waals surface area (Å²) >= 11 is 0. The van der Waals surface area contributed by atoms with E-state index >= 15 is 0 Å². The smallest absolute Gasteiger partial charge is 0.262 e. The van der Waals surface area contributed by atoms with Crippen molar-refractivity contribution < 1.29 is 14.4 Å². The molecule has 1 aromatic carbocycles. The Balaban J connectivity index is 1.61. The molecule has 1 unspecified atom stereocenters. The molecule has 1 saturated heterocycles. The van der Waals surface area contributed by atoms with Crippen molar-refractivity contribution in [1.29, 1.82) is 5.41 Å². The first-order chi connectivity index (χ1) is 13.9. The number of carbonyl (C=O) groups excluding carboxylic acids is 3. The molecule has 3 amide bonds. The van der Waals surface area contributed by atoms with Crippen molar-refractivity contribution in [3.05, 3.63) is 41.5 Å². The van der Waals surface area contributed by atoms with E-state index in [2.05, 4.69) is 27.7 Å². The van der Waals surface area contributed by atoms with Crippen molar-refractivity contribution >= 4 is 29.2 Å². The molecule has 0 saturated carbocycles. The van der Waals surface area contributed by atoms with Crippen LogP contribution in [0.3, 0.4) is 0 Å². The van der Waals surface area contributed by atoms with E-state index in [1.165, 1.54) is 0 Å². The highest BCUT2D eigenvalue weighted by atomic mass is 16.2. The number of amides is 3. The van der Waals surface area contributed by atoms with Crippen molar-refractivity contribution in [2.45, 2.75) is 43.8 Å². The number of hydrogen-bond acceptors (Lipinski definition) is 6. The zero-order valence-electron chi connectivity index (χ0n) is 16.6. The monoisotopic (exact) mass is 395 g/mol. The Kier molecular flexibility index (Phi) is 4.96. The Morgan fingerprint density at radius 1 is 1.14 bits per heavy atom. The summed E-state index contributed by atoms with van der Waals surface area (Å²) in [5.74, 6) is -1.24. The third kappa shape index (κ3) is 3.23. The van der Waals surface area contributed by atoms with Crippen molar-refractivity contribution in [2.75, 3.05) is 19.0 Å². The molecule has 1 aliphatic carbocycles. The summed E-state index contributed by atoms with van der Waals surface area (Å²) in [7, 11) is 3.94. The first kappa shape index (κ1) is 19.3. The van der Waals surface area contributed by atoms with Gasteiger partial charge >= 0.3 is 0 Å². The van der Waals surface area contributed by atoms with Crippen LogP contribution >= 0.6 is 0 Å². The molecule has 1 aromatic rings. The van der Waals surface area contributed by atoms with Crippen LogP contribution in [0.15, 0.2) is 30.4 Å². The molecular formula is C21H25N5O3. The Morgan fingerprint density at radius 3 is 2.59 bits per heavy atom. The van der Waals surface area contributed by atoms with Gasteiger partial charge in [0.05, 0.1) is 17.0 Å². The largest absolute Gasteiger partial charge is 0.370 e. The van der Waals surface area contributed by atoms with E-state index in [0.717, 1.165) is 23.4 Å². The predicted molar refractivity (Wildman–Crippen MR) is 109 cm³/mol. The van der Waals surface area contributed by atoms with Crippen molar-refractivity contribution in [3.8, 4) is 0 Å². The normalized spacial score (nSPS) is 26.6. The molecule has 1 fully saturated rings. The molecule has 3 atom stereocenters. The van der Waals surface area contributed by atoms with Crippen molar-refractivity contribution in [1.82, 2.24) is 15.5 Å². The highest BCUT2D eigenvalue weighted by Gasteiger charge is 2.44. The van der Waals surface area contributed by atoms with Crippen molar-refractivity contribution in [2.24, 2.45) is 0 Å². The molecule has 8 nitrogen and oxygen atoms in total. The second kappa shape index (κ2) is 7.44. The van der Waals surface area contributed by atoms with Crippen molar-refractivity contribution in [3.63, 3.8) is 0 Å². The summed E-state index contributed by atoms with van der Waals surface area (Å²) in [6.45, 7) is 0. The van der Waals surface area contributed by atoms with E-state index in [-0.39, 0.29) is 18.3 Å². The maximum absolute atomic E-state index is 13.0. The van der Waals surface area contributed by atoms with Gasteiger partial charge in [-0.05, 0) is 44.5 Å². The number of nitrogens with zero attached hydrogens (tertiary/aromatic N) is 2. The Hall–Kier alpha value is -3.00. The molecule has 8 heteroatoms. The Morgan fingerprint density at radius 2 is 1.86 bits per heavy atom. The summed E-state index contributed by atoms with van der Waals surface area (Å²) in [5, 5.41) is 13.4. The average Bonchev–Trinajstić information content (AvgIpc) is 2.97. The Bertz CT molecular complexity index is 925. The van der Waals surface area contributed by atoms with Crippen LogP contribution in [-0.2, 0) is 4.79 Å². The third-order valence-electron chi connectivity index (χ3n) is 6.13. The number of anilines is 1. The van der Waals surface area contributed by atoms with Gasteiger partial charge in [-0.2, -0.15) is 0 Å². The lowest BCUT2D eigenvalue weighted by Gasteiger charge is -2.37. The van der Waals surface area contributed by atoms with E-state index in [0.29, 0.717) is 23.6 Å². The standard InChI is InChI=1S/C21H25N5O3/c1-23-15-5-3-4-6-16(15)25(2)12-7-8-13-14(11-12)21(29)26(20(13)28)17-9-10-18(22)24-19(17)27/h3-4,7-8,11,15-17,23H,5-6,9-10H2,1-2H3,(H2,22,24,27)/t15-,16-,17?/m0/s1. The highest BCUT2D eigenvalue weighted by molar-refractivity contribution is 6.23. The number of piperidine rings is 1. The van der Waals surface area contributed by atoms with Crippen LogP contribution in [0.2, 0.25) is 0 Å². The van der Waals surface area contributed by atoms with Crippen LogP contribution in [0.25, 0.3) is 0 Å². The lowest BCUT2D eigenvalue weighted by atomic mass is 9.94. The van der Waals surface area contributed by atoms with Crippen LogP contribution in [-0.4, -0.2) is 60.7 Å². The number of amidine groups is 1. The van der Waals surface area contributed by atoms with E-state index in [1.54, 1.807) is 12.1 Å². The number of likely N-dealkylation sites (N-methyl/N-ethyl adjacent to an activating group) is 2. The zero-order valence-corrected chi connectivity index (χ0v) is 16.6. The molecule has 29 heavy (non-hydrogen) atoms. The van der Waals surface area contributed by atoms with Gasteiger partial charge < -0.3 is 15.5 Å². The van der Waals surface area contributed by atoms with Gasteiger partial charge in [-0.15, -0.1) is 0 Å². The number of hydrogen-bond donors (Lipinski definition) is 3. The minimum absolute atomic E-state index is 0.118. The lowest BCUT2D eigenvalue weighted by molar-refractivity contribution is -0.124. The van der Waals surface area contributed by atoms with E-state index in [1.807, 2.05) is 20.2 Å².